The molecule has 1 aromatic heterocycles. The van der Waals surface area contributed by atoms with Crippen LogP contribution in [-0.4, -0.2) is 28.0 Å². The molecule has 4 rings (SSSR count). The topological polar surface area (TPSA) is 75.1 Å². The molecule has 2 aromatic carbocycles. The number of nitrogens with zero attached hydrogens (tertiary/aromatic N) is 3. The van der Waals surface area contributed by atoms with E-state index in [1.54, 1.807) is 0 Å². The molecule has 0 radical (unpaired) electrons. The van der Waals surface area contributed by atoms with Gasteiger partial charge in [0.2, 0.25) is 0 Å². The molecule has 3 aromatic rings. The molecule has 7 heteroatoms. The van der Waals surface area contributed by atoms with E-state index in [1.165, 1.54) is 12.1 Å². The van der Waals surface area contributed by atoms with Crippen LogP contribution in [0.15, 0.2) is 42.5 Å². The number of rotatable bonds is 3. The summed E-state index contributed by atoms with van der Waals surface area (Å²) in [6, 6.07) is 11.7. The van der Waals surface area contributed by atoms with E-state index in [1.807, 2.05) is 29.2 Å². The van der Waals surface area contributed by atoms with Crippen molar-refractivity contribution in [3.05, 3.63) is 64.2 Å². The van der Waals surface area contributed by atoms with E-state index in [0.717, 1.165) is 35.8 Å². The van der Waals surface area contributed by atoms with Gasteiger partial charge >= 0.3 is 0 Å². The normalized spacial score (nSPS) is 15.6. The van der Waals surface area contributed by atoms with Crippen LogP contribution in [0.2, 0.25) is 0 Å². The molecule has 1 fully saturated rings. The summed E-state index contributed by atoms with van der Waals surface area (Å²) in [7, 11) is 0. The number of hydrogen-bond donors (Lipinski definition) is 1. The lowest BCUT2D eigenvalue weighted by atomic mass is 9.95. The van der Waals surface area contributed by atoms with E-state index in [4.69, 9.17) is 0 Å². The van der Waals surface area contributed by atoms with Crippen molar-refractivity contribution in [2.24, 2.45) is 0 Å². The van der Waals surface area contributed by atoms with E-state index >= 15 is 0 Å². The first kappa shape index (κ1) is 15.6. The number of aromatic amines is 1. The van der Waals surface area contributed by atoms with Gasteiger partial charge in [-0.15, -0.1) is 0 Å². The number of para-hydroxylation sites is 2. The Morgan fingerprint density at radius 3 is 2.68 bits per heavy atom. The molecule has 0 saturated carbocycles. The average Bonchev–Trinajstić information content (AvgIpc) is 3.06. The van der Waals surface area contributed by atoms with Crippen LogP contribution in [0.25, 0.3) is 11.0 Å². The largest absolute Gasteiger partial charge is 0.366 e. The van der Waals surface area contributed by atoms with E-state index in [0.29, 0.717) is 24.7 Å². The molecule has 2 heterocycles. The number of piperidine rings is 1. The van der Waals surface area contributed by atoms with Crippen molar-refractivity contribution in [2.75, 3.05) is 18.0 Å². The summed E-state index contributed by atoms with van der Waals surface area (Å²) in [6.45, 7) is 1.35. The Bertz CT molecular complexity index is 899. The molecule has 0 amide bonds. The lowest BCUT2D eigenvalue weighted by Gasteiger charge is -2.32. The lowest BCUT2D eigenvalue weighted by molar-refractivity contribution is -0.384. The third-order valence-corrected chi connectivity index (χ3v) is 4.76. The minimum atomic E-state index is -0.590. The monoisotopic (exact) mass is 340 g/mol. The summed E-state index contributed by atoms with van der Waals surface area (Å²) in [4.78, 5) is 20.7. The van der Waals surface area contributed by atoms with Crippen LogP contribution in [0.3, 0.4) is 0 Å². The van der Waals surface area contributed by atoms with Gasteiger partial charge < -0.3 is 9.88 Å². The molecule has 0 atom stereocenters. The van der Waals surface area contributed by atoms with Gasteiger partial charge in [0.1, 0.15) is 17.3 Å². The average molecular weight is 340 g/mol. The Labute approximate surface area is 143 Å². The van der Waals surface area contributed by atoms with Crippen molar-refractivity contribution in [3.8, 4) is 0 Å². The van der Waals surface area contributed by atoms with Crippen LogP contribution in [0.5, 0.6) is 0 Å². The predicted octanol–water partition coefficient (Wildman–Crippen LogP) is 3.99. The van der Waals surface area contributed by atoms with Gasteiger partial charge in [0, 0.05) is 19.0 Å². The molecule has 0 bridgehead atoms. The SMILES string of the molecule is O=[N+]([O-])c1cc(F)ccc1N1CCC(c2nc3ccccc3[nH]2)CC1. The molecule has 0 unspecified atom stereocenters. The highest BCUT2D eigenvalue weighted by molar-refractivity contribution is 5.74. The van der Waals surface area contributed by atoms with Crippen LogP contribution in [0.4, 0.5) is 15.8 Å². The Morgan fingerprint density at radius 2 is 1.96 bits per heavy atom. The predicted molar refractivity (Wildman–Crippen MR) is 93.3 cm³/mol. The number of nitro benzene ring substituents is 1. The Balaban J connectivity index is 1.53. The van der Waals surface area contributed by atoms with E-state index in [2.05, 4.69) is 9.97 Å². The summed E-state index contributed by atoms with van der Waals surface area (Å²) in [5, 5.41) is 11.2. The fraction of sp³-hybridized carbons (Fsp3) is 0.278. The number of nitro groups is 1. The van der Waals surface area contributed by atoms with Gasteiger partial charge in [-0.05, 0) is 37.1 Å². The third kappa shape index (κ3) is 2.93. The fourth-order valence-electron chi connectivity index (χ4n) is 3.47. The number of fused-ring (bicyclic) bond motifs is 1. The minimum Gasteiger partial charge on any atom is -0.366 e. The minimum absolute atomic E-state index is 0.179. The maximum atomic E-state index is 13.3. The third-order valence-electron chi connectivity index (χ3n) is 4.76. The molecule has 128 valence electrons. The first-order valence-electron chi connectivity index (χ1n) is 8.25. The number of aromatic nitrogens is 2. The quantitative estimate of drug-likeness (QED) is 0.578. The van der Waals surface area contributed by atoms with Gasteiger partial charge in [-0.2, -0.15) is 0 Å². The number of H-pyrrole nitrogens is 1. The zero-order chi connectivity index (χ0) is 17.4. The second-order valence-electron chi connectivity index (χ2n) is 6.29. The van der Waals surface area contributed by atoms with Crippen molar-refractivity contribution in [1.82, 2.24) is 9.97 Å². The standard InChI is InChI=1S/C18H17FN4O2/c19-13-5-6-16(17(11-13)23(24)25)22-9-7-12(8-10-22)18-20-14-3-1-2-4-15(14)21-18/h1-6,11-12H,7-10H2,(H,20,21). The van der Waals surface area contributed by atoms with E-state index < -0.39 is 10.7 Å². The van der Waals surface area contributed by atoms with Crippen LogP contribution >= 0.6 is 0 Å². The number of benzene rings is 2. The molecular weight excluding hydrogens is 323 g/mol. The first-order valence-corrected chi connectivity index (χ1v) is 8.25. The van der Waals surface area contributed by atoms with Crippen LogP contribution in [-0.2, 0) is 0 Å². The van der Waals surface area contributed by atoms with Crippen molar-refractivity contribution in [3.63, 3.8) is 0 Å². The molecule has 1 saturated heterocycles. The van der Waals surface area contributed by atoms with Crippen molar-refractivity contribution in [2.45, 2.75) is 18.8 Å². The van der Waals surface area contributed by atoms with Crippen LogP contribution in [0, 0.1) is 15.9 Å². The van der Waals surface area contributed by atoms with E-state index in [-0.39, 0.29) is 5.69 Å². The summed E-state index contributed by atoms with van der Waals surface area (Å²) >= 11 is 0. The van der Waals surface area contributed by atoms with Crippen LogP contribution in [0.1, 0.15) is 24.6 Å². The van der Waals surface area contributed by atoms with Gasteiger partial charge in [-0.1, -0.05) is 12.1 Å². The maximum absolute atomic E-state index is 13.3. The highest BCUT2D eigenvalue weighted by Crippen LogP contribution is 2.34. The fourth-order valence-corrected chi connectivity index (χ4v) is 3.47. The van der Waals surface area contributed by atoms with Gasteiger partial charge in [0.25, 0.3) is 5.69 Å². The summed E-state index contributed by atoms with van der Waals surface area (Å²) in [5.74, 6) is 0.672. The van der Waals surface area contributed by atoms with E-state index in [9.17, 15) is 14.5 Å². The summed E-state index contributed by atoms with van der Waals surface area (Å²) in [5.41, 5.74) is 2.28. The molecule has 1 N–H and O–H groups in total. The molecule has 0 aliphatic carbocycles. The number of nitrogens with one attached hydrogen (secondary N) is 1. The number of anilines is 1. The Kier molecular flexibility index (Phi) is 3.83. The molecule has 25 heavy (non-hydrogen) atoms. The van der Waals surface area contributed by atoms with Gasteiger partial charge in [0.05, 0.1) is 22.0 Å². The maximum Gasteiger partial charge on any atom is 0.295 e. The van der Waals surface area contributed by atoms with Gasteiger partial charge in [0.15, 0.2) is 0 Å². The zero-order valence-corrected chi connectivity index (χ0v) is 13.5. The van der Waals surface area contributed by atoms with Gasteiger partial charge in [-0.3, -0.25) is 10.1 Å². The second-order valence-corrected chi connectivity index (χ2v) is 6.29. The summed E-state index contributed by atoms with van der Waals surface area (Å²) in [6.07, 6.45) is 1.68. The molecule has 1 aliphatic heterocycles. The molecule has 0 spiro atoms. The van der Waals surface area contributed by atoms with Crippen molar-refractivity contribution >= 4 is 22.4 Å². The molecular formula is C18H17FN4O2. The summed E-state index contributed by atoms with van der Waals surface area (Å²) < 4.78 is 13.3. The number of imidazole rings is 1. The highest BCUT2D eigenvalue weighted by Gasteiger charge is 2.27. The lowest BCUT2D eigenvalue weighted by Crippen LogP contribution is -2.33. The number of hydrogen-bond acceptors (Lipinski definition) is 4. The Morgan fingerprint density at radius 1 is 1.20 bits per heavy atom. The first-order chi connectivity index (χ1) is 12.1. The second kappa shape index (κ2) is 6.16. The zero-order valence-electron chi connectivity index (χ0n) is 13.5. The smallest absolute Gasteiger partial charge is 0.295 e. The highest BCUT2D eigenvalue weighted by atomic mass is 19.1. The van der Waals surface area contributed by atoms with Crippen molar-refractivity contribution in [1.29, 1.82) is 0 Å². The Hall–Kier alpha value is -2.96. The van der Waals surface area contributed by atoms with Crippen LogP contribution < -0.4 is 4.90 Å². The number of halogens is 1. The molecule has 1 aliphatic rings. The molecule has 6 nitrogen and oxygen atoms in total. The van der Waals surface area contributed by atoms with Gasteiger partial charge in [-0.25, -0.2) is 9.37 Å². The van der Waals surface area contributed by atoms with Crippen molar-refractivity contribution < 1.29 is 9.31 Å².